The molecule has 1 aliphatic heterocycles. The predicted octanol–water partition coefficient (Wildman–Crippen LogP) is 2.06. The Kier molecular flexibility index (Phi) is 5.59. The molecule has 0 aromatic heterocycles. The molecule has 0 aliphatic carbocycles. The summed E-state index contributed by atoms with van der Waals surface area (Å²) >= 11 is 0. The van der Waals surface area contributed by atoms with Gasteiger partial charge in [-0.3, -0.25) is 9.59 Å². The van der Waals surface area contributed by atoms with Gasteiger partial charge in [0.25, 0.3) is 5.91 Å². The summed E-state index contributed by atoms with van der Waals surface area (Å²) in [5.41, 5.74) is 0.595. The lowest BCUT2D eigenvalue weighted by Crippen LogP contribution is -2.43. The molecular formula is C15H18F3N3O2. The number of hydrogen-bond donors (Lipinski definition) is 3. The molecule has 126 valence electrons. The van der Waals surface area contributed by atoms with Gasteiger partial charge in [-0.25, -0.2) is 0 Å². The Bertz CT molecular complexity index is 552. The molecule has 1 fully saturated rings. The summed E-state index contributed by atoms with van der Waals surface area (Å²) in [5.74, 6) is -0.965. The van der Waals surface area contributed by atoms with E-state index < -0.39 is 18.6 Å². The van der Waals surface area contributed by atoms with E-state index in [0.717, 1.165) is 25.8 Å². The van der Waals surface area contributed by atoms with Gasteiger partial charge in [-0.1, -0.05) is 6.42 Å². The van der Waals surface area contributed by atoms with E-state index in [-0.39, 0.29) is 17.5 Å². The lowest BCUT2D eigenvalue weighted by molar-refractivity contribution is -0.123. The fraction of sp³-hybridized carbons (Fsp3) is 0.467. The molecule has 0 radical (unpaired) electrons. The lowest BCUT2D eigenvalue weighted by Gasteiger charge is -2.22. The van der Waals surface area contributed by atoms with E-state index in [1.54, 1.807) is 5.32 Å². The Hall–Kier alpha value is -2.09. The van der Waals surface area contributed by atoms with Crippen molar-refractivity contribution in [3.05, 3.63) is 29.8 Å². The van der Waals surface area contributed by atoms with Crippen molar-refractivity contribution in [1.29, 1.82) is 0 Å². The van der Waals surface area contributed by atoms with Crippen LogP contribution in [0.3, 0.4) is 0 Å². The van der Waals surface area contributed by atoms with Crippen LogP contribution < -0.4 is 16.0 Å². The molecule has 0 saturated carbocycles. The van der Waals surface area contributed by atoms with E-state index in [1.807, 2.05) is 0 Å². The first-order valence-electron chi connectivity index (χ1n) is 7.34. The monoisotopic (exact) mass is 329 g/mol. The Morgan fingerprint density at radius 2 is 1.87 bits per heavy atom. The first kappa shape index (κ1) is 17.3. The quantitative estimate of drug-likeness (QED) is 0.792. The Morgan fingerprint density at radius 1 is 1.17 bits per heavy atom. The normalized spacial score (nSPS) is 18.3. The van der Waals surface area contributed by atoms with Gasteiger partial charge in [0.1, 0.15) is 6.54 Å². The van der Waals surface area contributed by atoms with Crippen molar-refractivity contribution in [2.45, 2.75) is 31.5 Å². The molecule has 8 heteroatoms. The highest BCUT2D eigenvalue weighted by molar-refractivity contribution is 5.97. The number of halogens is 3. The summed E-state index contributed by atoms with van der Waals surface area (Å²) in [6.45, 7) is -0.575. The molecule has 23 heavy (non-hydrogen) atoms. The fourth-order valence-electron chi connectivity index (χ4n) is 2.29. The molecular weight excluding hydrogens is 311 g/mol. The maximum atomic E-state index is 12.0. The Labute approximate surface area is 131 Å². The minimum atomic E-state index is -4.45. The summed E-state index contributed by atoms with van der Waals surface area (Å²) in [7, 11) is 0. The zero-order chi connectivity index (χ0) is 16.9. The maximum Gasteiger partial charge on any atom is 0.405 e. The molecule has 1 unspecified atom stereocenters. The van der Waals surface area contributed by atoms with Crippen LogP contribution in [0.5, 0.6) is 0 Å². The minimum absolute atomic E-state index is 0.100. The molecule has 5 nitrogen and oxygen atoms in total. The molecule has 3 N–H and O–H groups in total. The number of rotatable bonds is 4. The molecule has 2 rings (SSSR count). The summed E-state index contributed by atoms with van der Waals surface area (Å²) in [6, 6.07) is 5.48. The van der Waals surface area contributed by atoms with Crippen LogP contribution >= 0.6 is 0 Å². The third-order valence-electron chi connectivity index (χ3n) is 3.49. The van der Waals surface area contributed by atoms with E-state index in [2.05, 4.69) is 10.6 Å². The summed E-state index contributed by atoms with van der Waals surface area (Å²) < 4.78 is 36.1. The smallest absolute Gasteiger partial charge is 0.343 e. The average Bonchev–Trinajstić information content (AvgIpc) is 2.53. The highest BCUT2D eigenvalue weighted by atomic mass is 19.4. The van der Waals surface area contributed by atoms with Crippen molar-refractivity contribution in [1.82, 2.24) is 10.6 Å². The highest BCUT2D eigenvalue weighted by Crippen LogP contribution is 2.15. The summed E-state index contributed by atoms with van der Waals surface area (Å²) in [6.07, 6.45) is -1.64. The number of nitrogens with one attached hydrogen (secondary N) is 3. The molecule has 1 aromatic carbocycles. The SMILES string of the molecule is O=C(NCC(F)(F)F)c1ccc(NC(=O)C2CCCCN2)cc1. The number of carbonyl (C=O) groups excluding carboxylic acids is 2. The van der Waals surface area contributed by atoms with Gasteiger partial charge in [0.05, 0.1) is 6.04 Å². The van der Waals surface area contributed by atoms with E-state index in [0.29, 0.717) is 5.69 Å². The van der Waals surface area contributed by atoms with Gasteiger partial charge in [-0.2, -0.15) is 13.2 Å². The van der Waals surface area contributed by atoms with Gasteiger partial charge in [-0.05, 0) is 43.7 Å². The van der Waals surface area contributed by atoms with Gasteiger partial charge < -0.3 is 16.0 Å². The third kappa shape index (κ3) is 5.55. The molecule has 0 spiro atoms. The summed E-state index contributed by atoms with van der Waals surface area (Å²) in [4.78, 5) is 23.6. The molecule has 1 aromatic rings. The number of carbonyl (C=O) groups is 2. The van der Waals surface area contributed by atoms with Crippen LogP contribution in [-0.4, -0.2) is 37.1 Å². The molecule has 1 atom stereocenters. The molecule has 2 amide bonds. The summed E-state index contributed by atoms with van der Waals surface area (Å²) in [5, 5.41) is 7.63. The standard InChI is InChI=1S/C15H18F3N3O2/c16-15(17,18)9-20-13(22)10-4-6-11(7-5-10)21-14(23)12-3-1-2-8-19-12/h4-7,12,19H,1-3,8-9H2,(H,20,22)(H,21,23). The van der Waals surface area contributed by atoms with Crippen LogP contribution in [0.1, 0.15) is 29.6 Å². The van der Waals surface area contributed by atoms with E-state index in [4.69, 9.17) is 0 Å². The van der Waals surface area contributed by atoms with Crippen molar-refractivity contribution in [2.75, 3.05) is 18.4 Å². The van der Waals surface area contributed by atoms with Crippen molar-refractivity contribution in [3.63, 3.8) is 0 Å². The van der Waals surface area contributed by atoms with E-state index in [9.17, 15) is 22.8 Å². The minimum Gasteiger partial charge on any atom is -0.343 e. The number of amides is 2. The van der Waals surface area contributed by atoms with Crippen molar-refractivity contribution in [3.8, 4) is 0 Å². The largest absolute Gasteiger partial charge is 0.405 e. The zero-order valence-corrected chi connectivity index (χ0v) is 12.4. The van der Waals surface area contributed by atoms with Crippen LogP contribution in [0.25, 0.3) is 0 Å². The average molecular weight is 329 g/mol. The highest BCUT2D eigenvalue weighted by Gasteiger charge is 2.28. The van der Waals surface area contributed by atoms with Gasteiger partial charge in [0.2, 0.25) is 5.91 Å². The van der Waals surface area contributed by atoms with Crippen molar-refractivity contribution < 1.29 is 22.8 Å². The zero-order valence-electron chi connectivity index (χ0n) is 12.4. The Morgan fingerprint density at radius 3 is 2.43 bits per heavy atom. The van der Waals surface area contributed by atoms with Gasteiger partial charge in [0, 0.05) is 11.3 Å². The number of benzene rings is 1. The lowest BCUT2D eigenvalue weighted by atomic mass is 10.0. The number of anilines is 1. The number of piperidine rings is 1. The van der Waals surface area contributed by atoms with Crippen LogP contribution in [0.15, 0.2) is 24.3 Å². The Balaban J connectivity index is 1.88. The van der Waals surface area contributed by atoms with Crippen molar-refractivity contribution in [2.24, 2.45) is 0 Å². The molecule has 1 heterocycles. The first-order chi connectivity index (χ1) is 10.8. The predicted molar refractivity (Wildman–Crippen MR) is 79.1 cm³/mol. The second-order valence-corrected chi connectivity index (χ2v) is 5.37. The van der Waals surface area contributed by atoms with Crippen LogP contribution in [0.4, 0.5) is 18.9 Å². The topological polar surface area (TPSA) is 70.2 Å². The second kappa shape index (κ2) is 7.45. The van der Waals surface area contributed by atoms with Crippen molar-refractivity contribution >= 4 is 17.5 Å². The van der Waals surface area contributed by atoms with Crippen LogP contribution in [-0.2, 0) is 4.79 Å². The third-order valence-corrected chi connectivity index (χ3v) is 3.49. The number of alkyl halides is 3. The van der Waals surface area contributed by atoms with Gasteiger partial charge >= 0.3 is 6.18 Å². The fourth-order valence-corrected chi connectivity index (χ4v) is 2.29. The maximum absolute atomic E-state index is 12.0. The second-order valence-electron chi connectivity index (χ2n) is 5.37. The molecule has 1 aliphatic rings. The van der Waals surface area contributed by atoms with Crippen LogP contribution in [0.2, 0.25) is 0 Å². The van der Waals surface area contributed by atoms with Gasteiger partial charge in [-0.15, -0.1) is 0 Å². The number of hydrogen-bond acceptors (Lipinski definition) is 3. The van der Waals surface area contributed by atoms with Crippen LogP contribution in [0, 0.1) is 0 Å². The molecule has 1 saturated heterocycles. The van der Waals surface area contributed by atoms with E-state index in [1.165, 1.54) is 24.3 Å². The van der Waals surface area contributed by atoms with E-state index >= 15 is 0 Å². The van der Waals surface area contributed by atoms with Gasteiger partial charge in [0.15, 0.2) is 0 Å². The first-order valence-corrected chi connectivity index (χ1v) is 7.34. The molecule has 0 bridgehead atoms.